The largest absolute Gasteiger partial charge is 0.355 e. The minimum absolute atomic E-state index is 0.116. The number of allylic oxidation sites excluding steroid dienone is 4. The molecule has 1 saturated heterocycles. The molecule has 14 heavy (non-hydrogen) atoms. The summed E-state index contributed by atoms with van der Waals surface area (Å²) in [7, 11) is 0. The Morgan fingerprint density at radius 3 is 2.93 bits per heavy atom. The maximum atomic E-state index is 11.3. The maximum absolute atomic E-state index is 11.3. The zero-order chi connectivity index (χ0) is 10.2. The van der Waals surface area contributed by atoms with E-state index in [1.54, 1.807) is 6.08 Å². The van der Waals surface area contributed by atoms with E-state index < -0.39 is 0 Å². The van der Waals surface area contributed by atoms with E-state index in [2.05, 4.69) is 24.0 Å². The van der Waals surface area contributed by atoms with Crippen molar-refractivity contribution >= 4 is 5.91 Å². The van der Waals surface area contributed by atoms with Crippen LogP contribution < -0.4 is 5.32 Å². The van der Waals surface area contributed by atoms with Gasteiger partial charge in [0.15, 0.2) is 0 Å². The number of fused-ring (bicyclic) bond motifs is 1. The third kappa shape index (κ3) is 1.14. The van der Waals surface area contributed by atoms with Crippen LogP contribution in [0.25, 0.3) is 0 Å². The molecule has 1 N–H and O–H groups in total. The monoisotopic (exact) mass is 189 g/mol. The van der Waals surface area contributed by atoms with Gasteiger partial charge in [0, 0.05) is 12.0 Å². The van der Waals surface area contributed by atoms with Gasteiger partial charge in [-0.3, -0.25) is 4.79 Å². The number of hydrogen-bond acceptors (Lipinski definition) is 1. The lowest BCUT2D eigenvalue weighted by Gasteiger charge is -2.11. The van der Waals surface area contributed by atoms with Crippen LogP contribution in [0.5, 0.6) is 0 Å². The molecule has 2 rings (SSSR count). The average molecular weight is 189 g/mol. The van der Waals surface area contributed by atoms with Gasteiger partial charge in [-0.05, 0) is 18.9 Å². The molecular weight excluding hydrogens is 174 g/mol. The predicted molar refractivity (Wildman–Crippen MR) is 56.6 cm³/mol. The minimum Gasteiger partial charge on any atom is -0.355 e. The molecule has 2 fully saturated rings. The molecule has 2 unspecified atom stereocenters. The Hall–Kier alpha value is -1.31. The Morgan fingerprint density at radius 2 is 2.50 bits per heavy atom. The fourth-order valence-corrected chi connectivity index (χ4v) is 2.35. The van der Waals surface area contributed by atoms with Gasteiger partial charge in [0.2, 0.25) is 5.91 Å². The number of carbonyl (C=O) groups is 1. The second kappa shape index (κ2) is 3.12. The molecule has 2 atom stereocenters. The van der Waals surface area contributed by atoms with Crippen molar-refractivity contribution in [1.82, 2.24) is 5.32 Å². The Kier molecular flexibility index (Phi) is 2.06. The topological polar surface area (TPSA) is 29.1 Å². The molecule has 1 amide bonds. The lowest BCUT2D eigenvalue weighted by Crippen LogP contribution is -2.21. The van der Waals surface area contributed by atoms with E-state index in [4.69, 9.17) is 0 Å². The van der Waals surface area contributed by atoms with Gasteiger partial charge < -0.3 is 5.32 Å². The molecule has 0 aromatic carbocycles. The van der Waals surface area contributed by atoms with Gasteiger partial charge in [0.25, 0.3) is 0 Å². The highest BCUT2D eigenvalue weighted by atomic mass is 16.2. The fourth-order valence-electron chi connectivity index (χ4n) is 2.35. The number of amides is 1. The Labute approximate surface area is 84.4 Å². The Morgan fingerprint density at radius 1 is 1.71 bits per heavy atom. The van der Waals surface area contributed by atoms with E-state index in [0.29, 0.717) is 0 Å². The van der Waals surface area contributed by atoms with E-state index in [-0.39, 0.29) is 17.2 Å². The van der Waals surface area contributed by atoms with Crippen molar-refractivity contribution in [2.24, 2.45) is 11.3 Å². The smallest absolute Gasteiger partial charge is 0.224 e. The molecule has 2 aliphatic rings. The van der Waals surface area contributed by atoms with E-state index in [0.717, 1.165) is 13.0 Å². The molecule has 1 saturated carbocycles. The highest BCUT2D eigenvalue weighted by Gasteiger charge is 2.63. The molecule has 1 aliphatic carbocycles. The summed E-state index contributed by atoms with van der Waals surface area (Å²) in [6.07, 6.45) is 8.87. The van der Waals surface area contributed by atoms with Gasteiger partial charge in [-0.1, -0.05) is 30.9 Å². The molecule has 0 aromatic heterocycles. The molecule has 1 aliphatic heterocycles. The summed E-state index contributed by atoms with van der Waals surface area (Å²) >= 11 is 0. The number of rotatable bonds is 3. The molecular formula is C12H15NO. The van der Waals surface area contributed by atoms with Crippen molar-refractivity contribution in [2.75, 3.05) is 6.54 Å². The number of piperidine rings is 1. The van der Waals surface area contributed by atoms with Crippen LogP contribution in [-0.4, -0.2) is 12.5 Å². The normalized spacial score (nSPS) is 35.6. The van der Waals surface area contributed by atoms with Crippen LogP contribution in [0.4, 0.5) is 0 Å². The van der Waals surface area contributed by atoms with Crippen LogP contribution in [0.1, 0.15) is 13.3 Å². The van der Waals surface area contributed by atoms with E-state index in [1.807, 2.05) is 13.0 Å². The molecule has 0 bridgehead atoms. The lowest BCUT2D eigenvalue weighted by atomic mass is 9.94. The first-order chi connectivity index (χ1) is 6.74. The molecule has 0 spiro atoms. The van der Waals surface area contributed by atoms with Gasteiger partial charge in [0.05, 0.1) is 5.92 Å². The van der Waals surface area contributed by atoms with Crippen LogP contribution in [0.15, 0.2) is 36.5 Å². The van der Waals surface area contributed by atoms with Crippen molar-refractivity contribution in [3.8, 4) is 0 Å². The molecule has 0 radical (unpaired) electrons. The summed E-state index contributed by atoms with van der Waals surface area (Å²) in [6.45, 7) is 6.47. The summed E-state index contributed by atoms with van der Waals surface area (Å²) in [5, 5.41) is 2.91. The van der Waals surface area contributed by atoms with Crippen molar-refractivity contribution in [3.05, 3.63) is 36.5 Å². The van der Waals surface area contributed by atoms with Crippen LogP contribution in [0.3, 0.4) is 0 Å². The second-order valence-corrected chi connectivity index (χ2v) is 3.97. The summed E-state index contributed by atoms with van der Waals surface area (Å²) in [5.74, 6) is 0.444. The first-order valence-corrected chi connectivity index (χ1v) is 4.98. The quantitative estimate of drug-likeness (QED) is 0.674. The first-order valence-electron chi connectivity index (χ1n) is 4.98. The van der Waals surface area contributed by atoms with Crippen molar-refractivity contribution in [2.45, 2.75) is 13.3 Å². The number of nitrogens with one attached hydrogen (secondary N) is 1. The highest BCUT2D eigenvalue weighted by Crippen LogP contribution is 2.60. The van der Waals surface area contributed by atoms with Crippen molar-refractivity contribution in [1.29, 1.82) is 0 Å². The Bertz CT molecular complexity index is 340. The van der Waals surface area contributed by atoms with Crippen molar-refractivity contribution < 1.29 is 4.79 Å². The van der Waals surface area contributed by atoms with Crippen LogP contribution in [0.2, 0.25) is 0 Å². The summed E-state index contributed by atoms with van der Waals surface area (Å²) in [6, 6.07) is 0. The zero-order valence-electron chi connectivity index (χ0n) is 8.42. The summed E-state index contributed by atoms with van der Waals surface area (Å²) < 4.78 is 0. The van der Waals surface area contributed by atoms with E-state index in [1.165, 1.54) is 5.57 Å². The fraction of sp³-hybridized carbons (Fsp3) is 0.417. The summed E-state index contributed by atoms with van der Waals surface area (Å²) in [5.41, 5.74) is 1.38. The molecule has 1 heterocycles. The van der Waals surface area contributed by atoms with Crippen LogP contribution >= 0.6 is 0 Å². The predicted octanol–water partition coefficient (Wildman–Crippen LogP) is 1.81. The molecule has 0 aromatic rings. The Balaban J connectivity index is 2.19. The maximum Gasteiger partial charge on any atom is 0.224 e. The minimum atomic E-state index is 0.116. The van der Waals surface area contributed by atoms with Crippen molar-refractivity contribution in [3.63, 3.8) is 0 Å². The number of hydrogen-bond donors (Lipinski definition) is 1. The highest BCUT2D eigenvalue weighted by molar-refractivity contribution is 5.87. The first kappa shape index (κ1) is 9.25. The van der Waals surface area contributed by atoms with Gasteiger partial charge in [-0.15, -0.1) is 0 Å². The van der Waals surface area contributed by atoms with Crippen LogP contribution in [0, 0.1) is 11.3 Å². The zero-order valence-corrected chi connectivity index (χ0v) is 8.42. The average Bonchev–Trinajstić information content (AvgIpc) is 2.85. The van der Waals surface area contributed by atoms with E-state index in [9.17, 15) is 4.79 Å². The van der Waals surface area contributed by atoms with Gasteiger partial charge in [-0.25, -0.2) is 0 Å². The lowest BCUT2D eigenvalue weighted by molar-refractivity contribution is -0.120. The third-order valence-electron chi connectivity index (χ3n) is 3.27. The number of carbonyl (C=O) groups excluding carboxylic acids is 1. The second-order valence-electron chi connectivity index (χ2n) is 3.97. The van der Waals surface area contributed by atoms with Crippen LogP contribution in [-0.2, 0) is 4.79 Å². The van der Waals surface area contributed by atoms with Gasteiger partial charge in [-0.2, -0.15) is 0 Å². The van der Waals surface area contributed by atoms with E-state index >= 15 is 0 Å². The SMILES string of the molecule is C=C/C=C\C(=C/C)C12CNC(=O)C1C2. The standard InChI is InChI=1S/C12H15NO/c1-3-5-6-9(4-2)12-7-10(12)11(14)13-8-12/h3-6,10H,1,7-8H2,2H3,(H,13,14)/b6-5-,9-4+. The van der Waals surface area contributed by atoms with Gasteiger partial charge >= 0.3 is 0 Å². The third-order valence-corrected chi connectivity index (χ3v) is 3.27. The molecule has 2 heteroatoms. The van der Waals surface area contributed by atoms with Gasteiger partial charge in [0.1, 0.15) is 0 Å². The molecule has 74 valence electrons. The molecule has 2 nitrogen and oxygen atoms in total. The summed E-state index contributed by atoms with van der Waals surface area (Å²) in [4.78, 5) is 11.3.